The van der Waals surface area contributed by atoms with E-state index in [0.717, 1.165) is 36.1 Å². The number of carbonyl (C=O) groups excluding carboxylic acids is 1. The van der Waals surface area contributed by atoms with Crippen molar-refractivity contribution < 1.29 is 9.32 Å². The van der Waals surface area contributed by atoms with Gasteiger partial charge in [-0.1, -0.05) is 24.2 Å². The van der Waals surface area contributed by atoms with Gasteiger partial charge in [-0.25, -0.2) is 4.79 Å². The van der Waals surface area contributed by atoms with E-state index in [1.54, 1.807) is 6.20 Å². The largest absolute Gasteiger partial charge is 0.339 e. The van der Waals surface area contributed by atoms with Crippen LogP contribution in [0.25, 0.3) is 11.4 Å². The Hall–Kier alpha value is -3.22. The molecular formula is C20H21N5O2. The lowest BCUT2D eigenvalue weighted by Gasteiger charge is -2.15. The van der Waals surface area contributed by atoms with E-state index in [-0.39, 0.29) is 12.1 Å². The number of pyridine rings is 1. The molecule has 7 heteroatoms. The van der Waals surface area contributed by atoms with Gasteiger partial charge in [0.05, 0.1) is 17.9 Å². The number of aryl methyl sites for hydroxylation is 3. The van der Waals surface area contributed by atoms with E-state index >= 15 is 0 Å². The van der Waals surface area contributed by atoms with Crippen LogP contribution in [0.3, 0.4) is 0 Å². The fourth-order valence-electron chi connectivity index (χ4n) is 3.29. The second-order valence-corrected chi connectivity index (χ2v) is 6.66. The standard InChI is InChI=1S/C20H21N5O2/c1-3-18-24-19(25-27-18)14-5-8-16-13(10-14)6-9-17(16)23-20(26)22-15-7-4-12(2)21-11-15/h4-5,7-8,10-11,17H,3,6,9H2,1-2H3,(H2,22,23,26)/t17-/m1/s1. The molecule has 2 heterocycles. The lowest BCUT2D eigenvalue weighted by atomic mass is 10.0. The van der Waals surface area contributed by atoms with E-state index < -0.39 is 0 Å². The van der Waals surface area contributed by atoms with E-state index in [0.29, 0.717) is 17.4 Å². The number of hydrogen-bond donors (Lipinski definition) is 2. The molecule has 1 atom stereocenters. The zero-order valence-corrected chi connectivity index (χ0v) is 15.3. The maximum atomic E-state index is 12.3. The highest BCUT2D eigenvalue weighted by Crippen LogP contribution is 2.33. The fourth-order valence-corrected chi connectivity index (χ4v) is 3.29. The van der Waals surface area contributed by atoms with Gasteiger partial charge in [-0.15, -0.1) is 0 Å². The van der Waals surface area contributed by atoms with E-state index in [4.69, 9.17) is 4.52 Å². The number of carbonyl (C=O) groups is 1. The zero-order valence-electron chi connectivity index (χ0n) is 15.3. The summed E-state index contributed by atoms with van der Waals surface area (Å²) in [6.45, 7) is 3.89. The molecule has 2 N–H and O–H groups in total. The Morgan fingerprint density at radius 1 is 1.30 bits per heavy atom. The summed E-state index contributed by atoms with van der Waals surface area (Å²) in [6.07, 6.45) is 4.14. The quantitative estimate of drug-likeness (QED) is 0.735. The number of hydrogen-bond acceptors (Lipinski definition) is 5. The highest BCUT2D eigenvalue weighted by Gasteiger charge is 2.25. The van der Waals surface area contributed by atoms with Crippen LogP contribution in [0.2, 0.25) is 0 Å². The summed E-state index contributed by atoms with van der Waals surface area (Å²) >= 11 is 0. The minimum atomic E-state index is -0.228. The van der Waals surface area contributed by atoms with Crippen LogP contribution in [-0.2, 0) is 12.8 Å². The van der Waals surface area contributed by atoms with Gasteiger partial charge < -0.3 is 15.2 Å². The molecule has 0 radical (unpaired) electrons. The van der Waals surface area contributed by atoms with Crippen molar-refractivity contribution in [1.29, 1.82) is 0 Å². The van der Waals surface area contributed by atoms with E-state index in [9.17, 15) is 4.79 Å². The molecule has 0 saturated carbocycles. The second-order valence-electron chi connectivity index (χ2n) is 6.66. The monoisotopic (exact) mass is 363 g/mol. The normalized spacial score (nSPS) is 15.4. The minimum absolute atomic E-state index is 0.0103. The van der Waals surface area contributed by atoms with E-state index in [1.807, 2.05) is 38.1 Å². The molecule has 1 aliphatic rings. The van der Waals surface area contributed by atoms with E-state index in [2.05, 4.69) is 31.8 Å². The van der Waals surface area contributed by atoms with Gasteiger partial charge in [0.2, 0.25) is 11.7 Å². The average molecular weight is 363 g/mol. The fraction of sp³-hybridized carbons (Fsp3) is 0.300. The number of nitrogens with one attached hydrogen (secondary N) is 2. The Morgan fingerprint density at radius 2 is 2.19 bits per heavy atom. The third-order valence-corrected chi connectivity index (χ3v) is 4.72. The van der Waals surface area contributed by atoms with Gasteiger partial charge in [0, 0.05) is 17.7 Å². The third-order valence-electron chi connectivity index (χ3n) is 4.72. The average Bonchev–Trinajstić information content (AvgIpc) is 3.30. The maximum absolute atomic E-state index is 12.3. The smallest absolute Gasteiger partial charge is 0.319 e. The van der Waals surface area contributed by atoms with Crippen LogP contribution in [0.4, 0.5) is 10.5 Å². The predicted octanol–water partition coefficient (Wildman–Crippen LogP) is 3.81. The van der Waals surface area contributed by atoms with Crippen LogP contribution < -0.4 is 10.6 Å². The maximum Gasteiger partial charge on any atom is 0.319 e. The van der Waals surface area contributed by atoms with E-state index in [1.165, 1.54) is 5.56 Å². The molecule has 0 spiro atoms. The number of nitrogens with zero attached hydrogens (tertiary/aromatic N) is 3. The molecule has 1 aromatic carbocycles. The Kier molecular flexibility index (Phi) is 4.58. The van der Waals surface area contributed by atoms with Gasteiger partial charge in [-0.2, -0.15) is 4.98 Å². The Morgan fingerprint density at radius 3 is 2.93 bits per heavy atom. The highest BCUT2D eigenvalue weighted by molar-refractivity contribution is 5.89. The van der Waals surface area contributed by atoms with Gasteiger partial charge in [0.15, 0.2) is 0 Å². The Bertz CT molecular complexity index is 965. The van der Waals surface area contributed by atoms with Crippen LogP contribution in [0.1, 0.15) is 42.1 Å². The van der Waals surface area contributed by atoms with Crippen LogP contribution in [-0.4, -0.2) is 21.2 Å². The summed E-state index contributed by atoms with van der Waals surface area (Å²) in [7, 11) is 0. The molecule has 2 aromatic heterocycles. The molecule has 0 aliphatic heterocycles. The predicted molar refractivity (Wildman–Crippen MR) is 101 cm³/mol. The van der Waals surface area contributed by atoms with Crippen molar-refractivity contribution in [1.82, 2.24) is 20.4 Å². The van der Waals surface area contributed by atoms with Gasteiger partial charge in [0.25, 0.3) is 0 Å². The highest BCUT2D eigenvalue weighted by atomic mass is 16.5. The first-order chi connectivity index (χ1) is 13.1. The zero-order chi connectivity index (χ0) is 18.8. The number of aromatic nitrogens is 3. The molecule has 7 nitrogen and oxygen atoms in total. The van der Waals surface area contributed by atoms with Gasteiger partial charge in [0.1, 0.15) is 0 Å². The molecule has 2 amide bonds. The molecule has 27 heavy (non-hydrogen) atoms. The van der Waals surface area contributed by atoms with Crippen molar-refractivity contribution in [2.24, 2.45) is 0 Å². The van der Waals surface area contributed by atoms with Gasteiger partial charge in [-0.3, -0.25) is 4.98 Å². The number of fused-ring (bicyclic) bond motifs is 1. The van der Waals surface area contributed by atoms with Crippen molar-refractivity contribution in [3.63, 3.8) is 0 Å². The summed E-state index contributed by atoms with van der Waals surface area (Å²) < 4.78 is 5.19. The summed E-state index contributed by atoms with van der Waals surface area (Å²) in [5, 5.41) is 9.90. The number of urea groups is 1. The minimum Gasteiger partial charge on any atom is -0.339 e. The molecular weight excluding hydrogens is 342 g/mol. The SMILES string of the molecule is CCc1nc(-c2ccc3c(c2)CC[C@H]3NC(=O)Nc2ccc(C)nc2)no1. The molecule has 4 rings (SSSR count). The molecule has 0 unspecified atom stereocenters. The lowest BCUT2D eigenvalue weighted by molar-refractivity contribution is 0.248. The summed E-state index contributed by atoms with van der Waals surface area (Å²) in [6, 6.07) is 9.57. The van der Waals surface area contributed by atoms with Crippen molar-refractivity contribution in [2.75, 3.05) is 5.32 Å². The molecule has 0 bridgehead atoms. The number of benzene rings is 1. The number of amides is 2. The van der Waals surface area contributed by atoms with Crippen molar-refractivity contribution in [3.05, 3.63) is 59.2 Å². The first-order valence-corrected chi connectivity index (χ1v) is 9.08. The number of anilines is 1. The topological polar surface area (TPSA) is 92.9 Å². The van der Waals surface area contributed by atoms with Crippen molar-refractivity contribution >= 4 is 11.7 Å². The molecule has 0 fully saturated rings. The first kappa shape index (κ1) is 17.2. The van der Waals surface area contributed by atoms with Gasteiger partial charge in [-0.05, 0) is 49.1 Å². The molecule has 0 saturated heterocycles. The van der Waals surface area contributed by atoms with Crippen molar-refractivity contribution in [3.8, 4) is 11.4 Å². The summed E-state index contributed by atoms with van der Waals surface area (Å²) in [4.78, 5) is 20.9. The Balaban J connectivity index is 1.45. The lowest BCUT2D eigenvalue weighted by Crippen LogP contribution is -2.31. The van der Waals surface area contributed by atoms with Crippen LogP contribution in [0, 0.1) is 6.92 Å². The molecule has 138 valence electrons. The first-order valence-electron chi connectivity index (χ1n) is 9.08. The van der Waals surface area contributed by atoms with Crippen LogP contribution in [0.5, 0.6) is 0 Å². The summed E-state index contributed by atoms with van der Waals surface area (Å²) in [5.41, 5.74) is 4.87. The van der Waals surface area contributed by atoms with Crippen molar-refractivity contribution in [2.45, 2.75) is 39.2 Å². The third kappa shape index (κ3) is 3.67. The second kappa shape index (κ2) is 7.19. The van der Waals surface area contributed by atoms with Crippen LogP contribution in [0.15, 0.2) is 41.1 Å². The Labute approximate surface area is 157 Å². The number of rotatable bonds is 4. The molecule has 3 aromatic rings. The summed E-state index contributed by atoms with van der Waals surface area (Å²) in [5.74, 6) is 1.24. The van der Waals surface area contributed by atoms with Gasteiger partial charge >= 0.3 is 6.03 Å². The molecule has 1 aliphatic carbocycles. The van der Waals surface area contributed by atoms with Crippen LogP contribution >= 0.6 is 0 Å².